The summed E-state index contributed by atoms with van der Waals surface area (Å²) in [6, 6.07) is 11.9. The Morgan fingerprint density at radius 2 is 1.86 bits per heavy atom. The van der Waals surface area contributed by atoms with Crippen molar-refractivity contribution in [2.75, 3.05) is 0 Å². The zero-order valence-electron chi connectivity index (χ0n) is 10.7. The third-order valence-corrected chi connectivity index (χ3v) is 4.42. The van der Waals surface area contributed by atoms with Gasteiger partial charge in [0.15, 0.2) is 0 Å². The number of nitrogens with one attached hydrogen (secondary N) is 1. The lowest BCUT2D eigenvalue weighted by molar-refractivity contribution is -0.385. The zero-order valence-corrected chi connectivity index (χ0v) is 13.8. The minimum atomic E-state index is -0.533. The van der Waals surface area contributed by atoms with Gasteiger partial charge in [0.1, 0.15) is 4.47 Å². The molecule has 0 aromatic heterocycles. The molecule has 21 heavy (non-hydrogen) atoms. The number of nitro groups is 1. The first-order valence-corrected chi connectivity index (χ1v) is 7.54. The number of halogens is 2. The third-order valence-electron chi connectivity index (χ3n) is 2.82. The molecule has 0 aliphatic carbocycles. The minimum absolute atomic E-state index is 0.136. The van der Waals surface area contributed by atoms with Gasteiger partial charge in [-0.15, -0.1) is 0 Å². The molecule has 0 radical (unpaired) electrons. The van der Waals surface area contributed by atoms with Gasteiger partial charge in [-0.1, -0.05) is 40.2 Å². The molecule has 108 valence electrons. The van der Waals surface area contributed by atoms with Crippen molar-refractivity contribution in [3.05, 3.63) is 72.7 Å². The molecule has 0 saturated carbocycles. The van der Waals surface area contributed by atoms with E-state index >= 15 is 0 Å². The van der Waals surface area contributed by atoms with Crippen LogP contribution < -0.4 is 5.32 Å². The van der Waals surface area contributed by atoms with E-state index in [0.29, 0.717) is 6.54 Å². The molecular weight excluding hydrogens is 404 g/mol. The van der Waals surface area contributed by atoms with Crippen molar-refractivity contribution in [1.82, 2.24) is 5.32 Å². The summed E-state index contributed by atoms with van der Waals surface area (Å²) in [5.74, 6) is -0.374. The largest absolute Gasteiger partial charge is 0.348 e. The first kappa shape index (κ1) is 15.7. The molecule has 0 saturated heterocycles. The van der Waals surface area contributed by atoms with Gasteiger partial charge in [0.05, 0.1) is 10.5 Å². The van der Waals surface area contributed by atoms with Crippen LogP contribution in [0.25, 0.3) is 0 Å². The standard InChI is InChI=1S/C14H10Br2N2O3/c15-11-6-2-1-4-9(11)8-17-14(19)10-5-3-7-12(13(10)16)18(20)21/h1-7H,8H2,(H,17,19). The molecule has 1 N–H and O–H groups in total. The first-order chi connectivity index (χ1) is 10.0. The number of amides is 1. The van der Waals surface area contributed by atoms with Crippen molar-refractivity contribution in [2.24, 2.45) is 0 Å². The Morgan fingerprint density at radius 3 is 2.52 bits per heavy atom. The summed E-state index contributed by atoms with van der Waals surface area (Å²) >= 11 is 6.51. The van der Waals surface area contributed by atoms with Crippen LogP contribution in [0, 0.1) is 10.1 Å². The summed E-state index contributed by atoms with van der Waals surface area (Å²) in [5, 5.41) is 13.6. The van der Waals surface area contributed by atoms with Crippen molar-refractivity contribution in [3.8, 4) is 0 Å². The van der Waals surface area contributed by atoms with Gasteiger partial charge in [-0.2, -0.15) is 0 Å². The Kier molecular flexibility index (Phi) is 5.08. The van der Waals surface area contributed by atoms with Crippen LogP contribution in [0.1, 0.15) is 15.9 Å². The molecular formula is C14H10Br2N2O3. The van der Waals surface area contributed by atoms with E-state index in [1.807, 2.05) is 24.3 Å². The van der Waals surface area contributed by atoms with Crippen molar-refractivity contribution in [3.63, 3.8) is 0 Å². The molecule has 7 heteroatoms. The van der Waals surface area contributed by atoms with E-state index in [2.05, 4.69) is 37.2 Å². The highest BCUT2D eigenvalue weighted by molar-refractivity contribution is 9.11. The lowest BCUT2D eigenvalue weighted by Crippen LogP contribution is -2.23. The van der Waals surface area contributed by atoms with E-state index in [0.717, 1.165) is 10.0 Å². The van der Waals surface area contributed by atoms with Crippen LogP contribution in [0.4, 0.5) is 5.69 Å². The van der Waals surface area contributed by atoms with E-state index in [1.165, 1.54) is 18.2 Å². The molecule has 2 aromatic carbocycles. The second-order valence-corrected chi connectivity index (χ2v) is 5.82. The van der Waals surface area contributed by atoms with Crippen LogP contribution in [-0.2, 0) is 6.54 Å². The number of rotatable bonds is 4. The van der Waals surface area contributed by atoms with Gasteiger partial charge in [0, 0.05) is 17.1 Å². The molecule has 2 rings (SSSR count). The number of nitrogens with zero attached hydrogens (tertiary/aromatic N) is 1. The fourth-order valence-corrected chi connectivity index (χ4v) is 2.76. The van der Waals surface area contributed by atoms with Gasteiger partial charge in [0.25, 0.3) is 11.6 Å². The predicted molar refractivity (Wildman–Crippen MR) is 86.1 cm³/mol. The van der Waals surface area contributed by atoms with E-state index in [1.54, 1.807) is 0 Å². The summed E-state index contributed by atoms with van der Waals surface area (Å²) in [6.07, 6.45) is 0. The number of carbonyl (C=O) groups is 1. The maximum absolute atomic E-state index is 12.1. The van der Waals surface area contributed by atoms with Gasteiger partial charge in [0.2, 0.25) is 0 Å². The highest BCUT2D eigenvalue weighted by Gasteiger charge is 2.19. The summed E-state index contributed by atoms with van der Waals surface area (Å²) in [4.78, 5) is 22.5. The van der Waals surface area contributed by atoms with Gasteiger partial charge in [-0.25, -0.2) is 0 Å². The Hall–Kier alpha value is -1.73. The lowest BCUT2D eigenvalue weighted by Gasteiger charge is -2.08. The van der Waals surface area contributed by atoms with Crippen LogP contribution in [0.15, 0.2) is 51.4 Å². The molecule has 0 spiro atoms. The Bertz CT molecular complexity index is 704. The molecule has 0 fully saturated rings. The van der Waals surface area contributed by atoms with Gasteiger partial charge >= 0.3 is 0 Å². The molecule has 2 aromatic rings. The normalized spacial score (nSPS) is 10.2. The van der Waals surface area contributed by atoms with Crippen molar-refractivity contribution < 1.29 is 9.72 Å². The molecule has 5 nitrogen and oxygen atoms in total. The van der Waals surface area contributed by atoms with Gasteiger partial charge in [-0.05, 0) is 33.6 Å². The quantitative estimate of drug-likeness (QED) is 0.607. The van der Waals surface area contributed by atoms with E-state index in [-0.39, 0.29) is 21.6 Å². The number of carbonyl (C=O) groups excluding carboxylic acids is 1. The number of nitro benzene ring substituents is 1. The molecule has 0 atom stereocenters. The molecule has 0 bridgehead atoms. The summed E-state index contributed by atoms with van der Waals surface area (Å²) in [7, 11) is 0. The van der Waals surface area contributed by atoms with Crippen molar-refractivity contribution in [2.45, 2.75) is 6.54 Å². The van der Waals surface area contributed by atoms with E-state index in [4.69, 9.17) is 0 Å². The van der Waals surface area contributed by atoms with Crippen LogP contribution in [0.3, 0.4) is 0 Å². The summed E-state index contributed by atoms with van der Waals surface area (Å²) in [5.41, 5.74) is 1.02. The predicted octanol–water partition coefficient (Wildman–Crippen LogP) is 4.05. The molecule has 0 unspecified atom stereocenters. The third kappa shape index (κ3) is 3.68. The van der Waals surface area contributed by atoms with Gasteiger partial charge in [-0.3, -0.25) is 14.9 Å². The molecule has 0 aliphatic heterocycles. The summed E-state index contributed by atoms with van der Waals surface area (Å²) < 4.78 is 1.07. The Labute approximate surface area is 137 Å². The van der Waals surface area contributed by atoms with E-state index < -0.39 is 4.92 Å². The monoisotopic (exact) mass is 412 g/mol. The number of benzene rings is 2. The first-order valence-electron chi connectivity index (χ1n) is 5.95. The van der Waals surface area contributed by atoms with Crippen molar-refractivity contribution >= 4 is 43.5 Å². The van der Waals surface area contributed by atoms with E-state index in [9.17, 15) is 14.9 Å². The lowest BCUT2D eigenvalue weighted by atomic mass is 10.1. The maximum atomic E-state index is 12.1. The second kappa shape index (κ2) is 6.82. The molecule has 1 amide bonds. The van der Waals surface area contributed by atoms with Crippen LogP contribution in [0.5, 0.6) is 0 Å². The highest BCUT2D eigenvalue weighted by atomic mass is 79.9. The van der Waals surface area contributed by atoms with Crippen molar-refractivity contribution in [1.29, 1.82) is 0 Å². The number of hydrogen-bond acceptors (Lipinski definition) is 3. The SMILES string of the molecule is O=C(NCc1ccccc1Br)c1cccc([N+](=O)[O-])c1Br. The topological polar surface area (TPSA) is 72.2 Å². The highest BCUT2D eigenvalue weighted by Crippen LogP contribution is 2.28. The number of hydrogen-bond donors (Lipinski definition) is 1. The Balaban J connectivity index is 2.16. The maximum Gasteiger partial charge on any atom is 0.284 e. The van der Waals surface area contributed by atoms with Crippen LogP contribution in [0.2, 0.25) is 0 Å². The smallest absolute Gasteiger partial charge is 0.284 e. The minimum Gasteiger partial charge on any atom is -0.348 e. The average Bonchev–Trinajstić information content (AvgIpc) is 2.46. The fraction of sp³-hybridized carbons (Fsp3) is 0.0714. The van der Waals surface area contributed by atoms with Gasteiger partial charge < -0.3 is 5.32 Å². The Morgan fingerprint density at radius 1 is 1.14 bits per heavy atom. The summed E-state index contributed by atoms with van der Waals surface area (Å²) in [6.45, 7) is 0.329. The van der Waals surface area contributed by atoms with Crippen LogP contribution in [-0.4, -0.2) is 10.8 Å². The molecule has 0 heterocycles. The zero-order chi connectivity index (χ0) is 15.4. The van der Waals surface area contributed by atoms with Crippen LogP contribution >= 0.6 is 31.9 Å². The average molecular weight is 414 g/mol. The second-order valence-electron chi connectivity index (χ2n) is 4.17. The fourth-order valence-electron chi connectivity index (χ4n) is 1.75. The molecule has 0 aliphatic rings.